The predicted molar refractivity (Wildman–Crippen MR) is 230 cm³/mol. The maximum Gasteiger partial charge on any atom is 0.252 e. The number of anilines is 3. The molecule has 264 valence electrons. The number of nitrogens with zero attached hydrogens (tertiary/aromatic N) is 2. The fourth-order valence-electron chi connectivity index (χ4n) is 10.3. The van der Waals surface area contributed by atoms with Crippen LogP contribution in [-0.2, 0) is 16.2 Å². The molecule has 0 fully saturated rings. The van der Waals surface area contributed by atoms with Crippen LogP contribution in [0.25, 0.3) is 49.8 Å². The molecule has 1 aliphatic carbocycles. The number of rotatable bonds is 1. The summed E-state index contributed by atoms with van der Waals surface area (Å²) in [5.41, 5.74) is 21.6. The second-order valence-corrected chi connectivity index (χ2v) is 18.7. The second kappa shape index (κ2) is 10.2. The molecule has 0 saturated heterocycles. The average Bonchev–Trinajstić information content (AvgIpc) is 3.76. The van der Waals surface area contributed by atoms with Crippen LogP contribution < -0.4 is 21.3 Å². The van der Waals surface area contributed by atoms with Crippen molar-refractivity contribution in [1.29, 1.82) is 0 Å². The van der Waals surface area contributed by atoms with Gasteiger partial charge < -0.3 is 13.9 Å². The predicted octanol–water partition coefficient (Wildman–Crippen LogP) is 11.4. The SMILES string of the molecule is Cc1cc2c3c(c1)-n1c4c(c5cc(C(C)(C)C)cc(c51)B3c1ccc(C(C)(C)C)cc1N2c1cccc2oc3ccccc3c12)C(C)(C)c1ccccc1-4. The Kier molecular flexibility index (Phi) is 6.03. The maximum absolute atomic E-state index is 6.53. The molecule has 6 aromatic carbocycles. The van der Waals surface area contributed by atoms with Gasteiger partial charge in [-0.25, -0.2) is 0 Å². The molecule has 2 aromatic heterocycles. The Balaban J connectivity index is 1.34. The maximum atomic E-state index is 6.53. The van der Waals surface area contributed by atoms with E-state index in [1.807, 2.05) is 0 Å². The van der Waals surface area contributed by atoms with Crippen molar-refractivity contribution in [2.45, 2.75) is 78.6 Å². The van der Waals surface area contributed by atoms with E-state index in [1.54, 1.807) is 0 Å². The summed E-state index contributed by atoms with van der Waals surface area (Å²) in [6.45, 7) is 21.3. The fourth-order valence-corrected chi connectivity index (χ4v) is 10.3. The molecule has 3 nitrogen and oxygen atoms in total. The van der Waals surface area contributed by atoms with E-state index in [0.29, 0.717) is 0 Å². The summed E-state index contributed by atoms with van der Waals surface area (Å²) in [5, 5.41) is 3.69. The summed E-state index contributed by atoms with van der Waals surface area (Å²) in [7, 11) is 0. The molecule has 2 aliphatic heterocycles. The zero-order valence-electron chi connectivity index (χ0n) is 32.8. The number of aryl methyl sites for hydroxylation is 1. The Labute approximate surface area is 318 Å². The third kappa shape index (κ3) is 3.99. The summed E-state index contributed by atoms with van der Waals surface area (Å²) in [6, 6.07) is 41.5. The quantitative estimate of drug-likeness (QED) is 0.159. The molecule has 4 heterocycles. The van der Waals surface area contributed by atoms with Gasteiger partial charge in [0, 0.05) is 44.3 Å². The first-order valence-electron chi connectivity index (χ1n) is 19.6. The summed E-state index contributed by atoms with van der Waals surface area (Å²) in [4.78, 5) is 2.58. The third-order valence-corrected chi connectivity index (χ3v) is 12.9. The highest BCUT2D eigenvalue weighted by Gasteiger charge is 2.48. The smallest absolute Gasteiger partial charge is 0.252 e. The molecule has 0 atom stereocenters. The Hall–Kier alpha value is -5.48. The van der Waals surface area contributed by atoms with Crippen LogP contribution in [0.5, 0.6) is 0 Å². The molecular formula is C50H45BN2O. The zero-order valence-corrected chi connectivity index (χ0v) is 32.8. The molecule has 0 spiro atoms. The van der Waals surface area contributed by atoms with Crippen molar-refractivity contribution < 1.29 is 4.42 Å². The van der Waals surface area contributed by atoms with Crippen LogP contribution in [0.3, 0.4) is 0 Å². The highest BCUT2D eigenvalue weighted by molar-refractivity contribution is 7.00. The molecule has 4 heteroatoms. The van der Waals surface area contributed by atoms with E-state index in [0.717, 1.165) is 27.6 Å². The van der Waals surface area contributed by atoms with Gasteiger partial charge in [0.2, 0.25) is 0 Å². The van der Waals surface area contributed by atoms with Crippen molar-refractivity contribution in [1.82, 2.24) is 4.57 Å². The second-order valence-electron chi connectivity index (χ2n) is 18.7. The number of para-hydroxylation sites is 1. The molecule has 8 aromatic rings. The number of furan rings is 1. The van der Waals surface area contributed by atoms with Crippen molar-refractivity contribution in [3.05, 3.63) is 137 Å². The zero-order chi connectivity index (χ0) is 37.2. The van der Waals surface area contributed by atoms with Gasteiger partial charge in [-0.1, -0.05) is 122 Å². The van der Waals surface area contributed by atoms with Gasteiger partial charge in [-0.15, -0.1) is 0 Å². The Morgan fingerprint density at radius 1 is 0.611 bits per heavy atom. The lowest BCUT2D eigenvalue weighted by Crippen LogP contribution is -2.60. The van der Waals surface area contributed by atoms with Gasteiger partial charge in [0.15, 0.2) is 0 Å². The topological polar surface area (TPSA) is 21.3 Å². The van der Waals surface area contributed by atoms with Crippen LogP contribution in [0.2, 0.25) is 0 Å². The van der Waals surface area contributed by atoms with Crippen molar-refractivity contribution in [3.63, 3.8) is 0 Å². The van der Waals surface area contributed by atoms with Crippen molar-refractivity contribution in [2.75, 3.05) is 4.90 Å². The van der Waals surface area contributed by atoms with Gasteiger partial charge in [-0.05, 0) is 104 Å². The molecule has 11 rings (SSSR count). The molecule has 0 bridgehead atoms. The molecule has 0 saturated carbocycles. The number of aromatic nitrogens is 1. The summed E-state index contributed by atoms with van der Waals surface area (Å²) in [5.74, 6) is 0. The normalized spacial score (nSPS) is 15.2. The van der Waals surface area contributed by atoms with E-state index in [2.05, 4.69) is 181 Å². The molecular weight excluding hydrogens is 655 g/mol. The minimum Gasteiger partial charge on any atom is -0.456 e. The molecule has 0 N–H and O–H groups in total. The number of hydrogen-bond donors (Lipinski definition) is 0. The Bertz CT molecular complexity index is 2960. The summed E-state index contributed by atoms with van der Waals surface area (Å²) < 4.78 is 9.20. The lowest BCUT2D eigenvalue weighted by molar-refractivity contribution is 0.590. The third-order valence-electron chi connectivity index (χ3n) is 12.9. The van der Waals surface area contributed by atoms with Gasteiger partial charge in [0.1, 0.15) is 11.2 Å². The van der Waals surface area contributed by atoms with E-state index >= 15 is 0 Å². The standard InChI is InChI=1S/C50H45BN2O/c1-28-23-39-45-40(24-28)53-46-33(44-47(53)31-15-10-12-17-34(31)50(44,8)9)25-30(49(5,6)7)26-36(46)51(45)35-22-21-29(48(2,3)4)27-38(35)52(39)37-18-14-20-42-43(37)32-16-11-13-19-41(32)54-42/h10-27H,1-9H3. The van der Waals surface area contributed by atoms with Crippen molar-refractivity contribution in [2.24, 2.45) is 0 Å². The van der Waals surface area contributed by atoms with E-state index in [4.69, 9.17) is 4.42 Å². The molecule has 0 amide bonds. The van der Waals surface area contributed by atoms with Crippen molar-refractivity contribution >= 4 is 73.0 Å². The van der Waals surface area contributed by atoms with Gasteiger partial charge in [0.25, 0.3) is 6.71 Å². The Morgan fingerprint density at radius 3 is 2.13 bits per heavy atom. The van der Waals surface area contributed by atoms with Gasteiger partial charge in [-0.3, -0.25) is 0 Å². The minimum atomic E-state index is -0.139. The van der Waals surface area contributed by atoms with Crippen LogP contribution in [0.4, 0.5) is 17.1 Å². The molecule has 3 aliphatic rings. The lowest BCUT2D eigenvalue weighted by atomic mass is 9.33. The van der Waals surface area contributed by atoms with Crippen LogP contribution in [0.1, 0.15) is 83.2 Å². The lowest BCUT2D eigenvalue weighted by Gasteiger charge is -2.42. The number of hydrogen-bond acceptors (Lipinski definition) is 2. The van der Waals surface area contributed by atoms with Gasteiger partial charge >= 0.3 is 0 Å². The monoisotopic (exact) mass is 700 g/mol. The molecule has 0 radical (unpaired) electrons. The van der Waals surface area contributed by atoms with E-state index in [-0.39, 0.29) is 23.0 Å². The van der Waals surface area contributed by atoms with Crippen LogP contribution >= 0.6 is 0 Å². The number of fused-ring (bicyclic) bond motifs is 12. The first-order valence-corrected chi connectivity index (χ1v) is 19.6. The fraction of sp³-hybridized carbons (Fsp3) is 0.240. The first kappa shape index (κ1) is 32.0. The highest BCUT2D eigenvalue weighted by atomic mass is 16.3. The summed E-state index contributed by atoms with van der Waals surface area (Å²) in [6.07, 6.45) is 0. The Morgan fingerprint density at radius 2 is 1.33 bits per heavy atom. The molecule has 54 heavy (non-hydrogen) atoms. The van der Waals surface area contributed by atoms with Crippen LogP contribution in [-0.4, -0.2) is 11.3 Å². The first-order chi connectivity index (χ1) is 25.7. The summed E-state index contributed by atoms with van der Waals surface area (Å²) >= 11 is 0. The van der Waals surface area contributed by atoms with E-state index < -0.39 is 0 Å². The highest BCUT2D eigenvalue weighted by Crippen LogP contribution is 2.55. The van der Waals surface area contributed by atoms with Crippen molar-refractivity contribution in [3.8, 4) is 16.9 Å². The van der Waals surface area contributed by atoms with Crippen LogP contribution in [0, 0.1) is 6.92 Å². The van der Waals surface area contributed by atoms with Gasteiger partial charge in [-0.2, -0.15) is 0 Å². The van der Waals surface area contributed by atoms with E-state index in [1.165, 1.54) is 83.4 Å². The largest absolute Gasteiger partial charge is 0.456 e. The van der Waals surface area contributed by atoms with Gasteiger partial charge in [0.05, 0.1) is 16.8 Å². The van der Waals surface area contributed by atoms with Crippen LogP contribution in [0.15, 0.2) is 114 Å². The average molecular weight is 701 g/mol. The van der Waals surface area contributed by atoms with E-state index in [9.17, 15) is 0 Å². The molecule has 0 unspecified atom stereocenters. The number of benzene rings is 6. The minimum absolute atomic E-state index is 0.0203.